The first-order valence-corrected chi connectivity index (χ1v) is 9.54. The maximum Gasteiger partial charge on any atom is 0.272 e. The zero-order chi connectivity index (χ0) is 20.4. The van der Waals surface area contributed by atoms with Crippen molar-refractivity contribution >= 4 is 11.6 Å². The largest absolute Gasteiger partial charge is 0.497 e. The second-order valence-electron chi connectivity index (χ2n) is 7.00. The van der Waals surface area contributed by atoms with Gasteiger partial charge in [-0.1, -0.05) is 24.3 Å². The summed E-state index contributed by atoms with van der Waals surface area (Å²) in [5.41, 5.74) is 2.73. The molecule has 0 radical (unpaired) electrons. The van der Waals surface area contributed by atoms with Gasteiger partial charge in [0.15, 0.2) is 0 Å². The Labute approximate surface area is 169 Å². The fraction of sp³-hybridized carbons (Fsp3) is 0.273. The smallest absolute Gasteiger partial charge is 0.272 e. The second kappa shape index (κ2) is 7.95. The predicted octanol–water partition coefficient (Wildman–Crippen LogP) is 3.20. The van der Waals surface area contributed by atoms with Gasteiger partial charge >= 0.3 is 0 Å². The Morgan fingerprint density at radius 2 is 1.79 bits per heavy atom. The van der Waals surface area contributed by atoms with Crippen LogP contribution in [-0.4, -0.2) is 53.9 Å². The van der Waals surface area contributed by atoms with Crippen LogP contribution in [0.2, 0.25) is 0 Å². The molecule has 0 saturated carbocycles. The first kappa shape index (κ1) is 19.0. The van der Waals surface area contributed by atoms with Crippen molar-refractivity contribution < 1.29 is 13.9 Å². The first-order chi connectivity index (χ1) is 14.1. The summed E-state index contributed by atoms with van der Waals surface area (Å²) in [7, 11) is 3.39. The van der Waals surface area contributed by atoms with Gasteiger partial charge in [0.1, 0.15) is 17.3 Å². The fourth-order valence-corrected chi connectivity index (χ4v) is 3.61. The number of anilines is 1. The summed E-state index contributed by atoms with van der Waals surface area (Å²) in [4.78, 5) is 16.8. The maximum absolute atomic E-state index is 14.0. The summed E-state index contributed by atoms with van der Waals surface area (Å²) in [5.74, 6) is 0.439. The molecule has 1 aliphatic rings. The molecule has 1 saturated heterocycles. The van der Waals surface area contributed by atoms with Gasteiger partial charge in [0.2, 0.25) is 0 Å². The van der Waals surface area contributed by atoms with Crippen LogP contribution in [0.25, 0.3) is 11.3 Å². The van der Waals surface area contributed by atoms with E-state index in [1.165, 1.54) is 6.07 Å². The number of para-hydroxylation sites is 1. The molecule has 0 spiro atoms. The molecule has 1 fully saturated rings. The van der Waals surface area contributed by atoms with Crippen LogP contribution >= 0.6 is 0 Å². The van der Waals surface area contributed by atoms with Crippen LogP contribution in [-0.2, 0) is 7.05 Å². The lowest BCUT2D eigenvalue weighted by Crippen LogP contribution is -2.49. The van der Waals surface area contributed by atoms with Gasteiger partial charge in [-0.2, -0.15) is 5.10 Å². The van der Waals surface area contributed by atoms with Crippen LogP contribution in [0.15, 0.2) is 54.6 Å². The molecular weight excluding hydrogens is 371 g/mol. The van der Waals surface area contributed by atoms with Crippen LogP contribution in [0.5, 0.6) is 5.75 Å². The van der Waals surface area contributed by atoms with E-state index in [-0.39, 0.29) is 11.7 Å². The van der Waals surface area contributed by atoms with E-state index in [0.717, 1.165) is 17.0 Å². The summed E-state index contributed by atoms with van der Waals surface area (Å²) in [6.07, 6.45) is 0. The molecule has 150 valence electrons. The number of aryl methyl sites for hydroxylation is 1. The Bertz CT molecular complexity index is 1030. The summed E-state index contributed by atoms with van der Waals surface area (Å²) in [5, 5.41) is 4.50. The molecule has 0 atom stereocenters. The van der Waals surface area contributed by atoms with Gasteiger partial charge in [-0.15, -0.1) is 0 Å². The molecule has 3 aromatic rings. The number of carbonyl (C=O) groups is 1. The highest BCUT2D eigenvalue weighted by molar-refractivity contribution is 5.94. The van der Waals surface area contributed by atoms with Gasteiger partial charge in [-0.3, -0.25) is 9.48 Å². The van der Waals surface area contributed by atoms with E-state index in [2.05, 4.69) is 5.10 Å². The van der Waals surface area contributed by atoms with Crippen LogP contribution in [0.3, 0.4) is 0 Å². The van der Waals surface area contributed by atoms with Crippen LogP contribution < -0.4 is 9.64 Å². The third-order valence-electron chi connectivity index (χ3n) is 5.22. The number of nitrogens with zero attached hydrogens (tertiary/aromatic N) is 4. The summed E-state index contributed by atoms with van der Waals surface area (Å²) < 4.78 is 20.9. The molecule has 2 heterocycles. The van der Waals surface area contributed by atoms with Gasteiger partial charge in [-0.05, 0) is 30.3 Å². The number of hydrogen-bond acceptors (Lipinski definition) is 4. The molecule has 0 unspecified atom stereocenters. The molecule has 4 rings (SSSR count). The summed E-state index contributed by atoms with van der Waals surface area (Å²) in [6, 6.07) is 16.1. The normalized spacial score (nSPS) is 14.2. The van der Waals surface area contributed by atoms with E-state index in [9.17, 15) is 9.18 Å². The Balaban J connectivity index is 1.48. The Morgan fingerprint density at radius 3 is 2.52 bits per heavy atom. The zero-order valence-electron chi connectivity index (χ0n) is 16.5. The lowest BCUT2D eigenvalue weighted by atomic mass is 10.1. The number of hydrogen-bond donors (Lipinski definition) is 0. The van der Waals surface area contributed by atoms with E-state index in [4.69, 9.17) is 4.74 Å². The minimum absolute atomic E-state index is 0.0673. The van der Waals surface area contributed by atoms with Crippen molar-refractivity contribution in [1.29, 1.82) is 0 Å². The van der Waals surface area contributed by atoms with E-state index >= 15 is 0 Å². The molecule has 6 nitrogen and oxygen atoms in total. The van der Waals surface area contributed by atoms with Gasteiger partial charge in [0.25, 0.3) is 5.91 Å². The monoisotopic (exact) mass is 394 g/mol. The number of ether oxygens (including phenoxy) is 1. The third-order valence-corrected chi connectivity index (χ3v) is 5.22. The van der Waals surface area contributed by atoms with E-state index in [1.807, 2.05) is 35.2 Å². The van der Waals surface area contributed by atoms with Crippen LogP contribution in [0.1, 0.15) is 10.5 Å². The molecular formula is C22H23FN4O2. The quantitative estimate of drug-likeness (QED) is 0.682. The number of aromatic nitrogens is 2. The van der Waals surface area contributed by atoms with E-state index in [0.29, 0.717) is 37.6 Å². The highest BCUT2D eigenvalue weighted by Gasteiger charge is 2.26. The highest BCUT2D eigenvalue weighted by atomic mass is 19.1. The Hall–Kier alpha value is -3.35. The SMILES string of the molecule is COc1cccc(-c2cc(C(=O)N3CCN(c4ccccc4F)CC3)n(C)n2)c1. The van der Waals surface area contributed by atoms with Crippen molar-refractivity contribution in [3.05, 3.63) is 66.1 Å². The number of carbonyl (C=O) groups excluding carboxylic acids is 1. The van der Waals surface area contributed by atoms with Gasteiger partial charge in [-0.25, -0.2) is 4.39 Å². The molecule has 0 aliphatic carbocycles. The minimum atomic E-state index is -0.234. The molecule has 0 N–H and O–H groups in total. The van der Waals surface area contributed by atoms with E-state index in [1.54, 1.807) is 41.9 Å². The van der Waals surface area contributed by atoms with Crippen molar-refractivity contribution in [1.82, 2.24) is 14.7 Å². The number of methoxy groups -OCH3 is 1. The number of benzene rings is 2. The maximum atomic E-state index is 14.0. The van der Waals surface area contributed by atoms with Crippen molar-refractivity contribution in [3.63, 3.8) is 0 Å². The van der Waals surface area contributed by atoms with Crippen molar-refractivity contribution in [2.45, 2.75) is 0 Å². The molecule has 1 amide bonds. The average Bonchev–Trinajstić information content (AvgIpc) is 3.15. The second-order valence-corrected chi connectivity index (χ2v) is 7.00. The average molecular weight is 394 g/mol. The number of piperazine rings is 1. The molecule has 1 aromatic heterocycles. The summed E-state index contributed by atoms with van der Waals surface area (Å²) in [6.45, 7) is 2.25. The topological polar surface area (TPSA) is 50.6 Å². The van der Waals surface area contributed by atoms with E-state index < -0.39 is 0 Å². The third kappa shape index (κ3) is 3.81. The number of halogens is 1. The van der Waals surface area contributed by atoms with Crippen LogP contribution in [0.4, 0.5) is 10.1 Å². The van der Waals surface area contributed by atoms with Gasteiger partial charge < -0.3 is 14.5 Å². The highest BCUT2D eigenvalue weighted by Crippen LogP contribution is 2.25. The zero-order valence-corrected chi connectivity index (χ0v) is 16.5. The Kier molecular flexibility index (Phi) is 5.20. The lowest BCUT2D eigenvalue weighted by molar-refractivity contribution is 0.0735. The van der Waals surface area contributed by atoms with Crippen molar-refractivity contribution in [3.8, 4) is 17.0 Å². The molecule has 29 heavy (non-hydrogen) atoms. The van der Waals surface area contributed by atoms with Crippen molar-refractivity contribution in [2.24, 2.45) is 7.05 Å². The van der Waals surface area contributed by atoms with Gasteiger partial charge in [0.05, 0.1) is 18.5 Å². The molecule has 1 aliphatic heterocycles. The standard InChI is InChI=1S/C22H23FN4O2/c1-25-21(15-19(24-25)16-6-5-7-17(14-16)29-2)22(28)27-12-10-26(11-13-27)20-9-4-3-8-18(20)23/h3-9,14-15H,10-13H2,1-2H3. The molecule has 7 heteroatoms. The predicted molar refractivity (Wildman–Crippen MR) is 110 cm³/mol. The first-order valence-electron chi connectivity index (χ1n) is 9.54. The van der Waals surface area contributed by atoms with Crippen molar-refractivity contribution in [2.75, 3.05) is 38.2 Å². The number of rotatable bonds is 4. The molecule has 0 bridgehead atoms. The lowest BCUT2D eigenvalue weighted by Gasteiger charge is -2.36. The Morgan fingerprint density at radius 1 is 1.03 bits per heavy atom. The fourth-order valence-electron chi connectivity index (χ4n) is 3.61. The van der Waals surface area contributed by atoms with Crippen LogP contribution in [0, 0.1) is 5.82 Å². The summed E-state index contributed by atoms with van der Waals surface area (Å²) >= 11 is 0. The van der Waals surface area contributed by atoms with Gasteiger partial charge in [0, 0.05) is 38.8 Å². The minimum Gasteiger partial charge on any atom is -0.497 e. The number of amides is 1. The molecule has 2 aromatic carbocycles.